The zero-order valence-electron chi connectivity index (χ0n) is 22.5. The van der Waals surface area contributed by atoms with Gasteiger partial charge in [0.15, 0.2) is 0 Å². The van der Waals surface area contributed by atoms with Crippen LogP contribution >= 0.6 is 23.1 Å². The van der Waals surface area contributed by atoms with Crippen molar-refractivity contribution in [1.82, 2.24) is 5.32 Å². The first kappa shape index (κ1) is 28.6. The maximum Gasteiger partial charge on any atom is 0.272 e. The summed E-state index contributed by atoms with van der Waals surface area (Å²) in [5.41, 5.74) is 2.77. The summed E-state index contributed by atoms with van der Waals surface area (Å²) in [5.74, 6) is -0.628. The highest BCUT2D eigenvalue weighted by atomic mass is 32.2. The molecule has 0 atom stereocenters. The molecule has 2 N–H and O–H groups in total. The highest BCUT2D eigenvalue weighted by Gasteiger charge is 2.18. The van der Waals surface area contributed by atoms with Gasteiger partial charge in [0.1, 0.15) is 5.70 Å². The van der Waals surface area contributed by atoms with E-state index in [-0.39, 0.29) is 23.3 Å². The molecule has 8 heteroatoms. The number of amides is 3. The van der Waals surface area contributed by atoms with Crippen molar-refractivity contribution < 1.29 is 14.4 Å². The van der Waals surface area contributed by atoms with Crippen LogP contribution in [0.5, 0.6) is 0 Å². The van der Waals surface area contributed by atoms with Crippen molar-refractivity contribution in [2.24, 2.45) is 0 Å². The third kappa shape index (κ3) is 7.63. The molecule has 0 unspecified atom stereocenters. The molecule has 6 nitrogen and oxygen atoms in total. The fourth-order valence-electron chi connectivity index (χ4n) is 4.09. The van der Waals surface area contributed by atoms with Gasteiger partial charge in [-0.1, -0.05) is 60.7 Å². The molecule has 0 bridgehead atoms. The minimum Gasteiger partial charge on any atom is -0.321 e. The van der Waals surface area contributed by atoms with Crippen LogP contribution in [-0.2, 0) is 9.59 Å². The number of benzene rings is 4. The summed E-state index contributed by atoms with van der Waals surface area (Å²) in [5, 5.41) is 7.51. The van der Waals surface area contributed by atoms with Crippen LogP contribution in [0.3, 0.4) is 0 Å². The minimum atomic E-state index is -0.440. The van der Waals surface area contributed by atoms with Crippen molar-refractivity contribution in [3.8, 4) is 0 Å². The molecular formula is C34H27N3O3S2. The molecule has 42 heavy (non-hydrogen) atoms. The van der Waals surface area contributed by atoms with Crippen molar-refractivity contribution in [2.75, 3.05) is 16.0 Å². The molecule has 0 fully saturated rings. The fourth-order valence-corrected chi connectivity index (χ4v) is 5.50. The summed E-state index contributed by atoms with van der Waals surface area (Å²) in [6.07, 6.45) is 1.65. The summed E-state index contributed by atoms with van der Waals surface area (Å²) in [4.78, 5) is 42.8. The van der Waals surface area contributed by atoms with E-state index in [9.17, 15) is 14.4 Å². The first-order valence-corrected chi connectivity index (χ1v) is 15.0. The molecule has 3 amide bonds. The van der Waals surface area contributed by atoms with E-state index in [2.05, 4.69) is 10.6 Å². The molecule has 208 valence electrons. The molecule has 4 aromatic carbocycles. The standard InChI is InChI=1S/C34H27N3O3S2/c38-32(37(27-13-6-2-7-14-27)28-15-8-3-9-16-28)24-42-29-20-18-26(19-21-29)35-34(40)31(23-30-17-10-22-41-30)36-33(39)25-11-4-1-5-12-25/h1-23H,24H2,(H,35,40)(H,36,39)/b31-23-. The van der Waals surface area contributed by atoms with Crippen molar-refractivity contribution in [3.63, 3.8) is 0 Å². The normalized spacial score (nSPS) is 11.0. The zero-order valence-corrected chi connectivity index (χ0v) is 24.1. The van der Waals surface area contributed by atoms with E-state index >= 15 is 0 Å². The monoisotopic (exact) mass is 589 g/mol. The van der Waals surface area contributed by atoms with Gasteiger partial charge in [0.25, 0.3) is 11.8 Å². The highest BCUT2D eigenvalue weighted by Crippen LogP contribution is 2.28. The number of nitrogens with zero attached hydrogens (tertiary/aromatic N) is 1. The van der Waals surface area contributed by atoms with Gasteiger partial charge in [-0.3, -0.25) is 19.3 Å². The Kier molecular flexibility index (Phi) is 9.61. The van der Waals surface area contributed by atoms with Crippen molar-refractivity contribution >= 4 is 64.0 Å². The Morgan fingerprint density at radius 2 is 1.31 bits per heavy atom. The van der Waals surface area contributed by atoms with Crippen LogP contribution in [0.25, 0.3) is 6.08 Å². The third-order valence-corrected chi connectivity index (χ3v) is 7.93. The molecule has 0 aliphatic rings. The molecule has 0 spiro atoms. The van der Waals surface area contributed by atoms with Crippen LogP contribution in [-0.4, -0.2) is 23.5 Å². The number of anilines is 3. The smallest absolute Gasteiger partial charge is 0.272 e. The molecule has 0 aliphatic carbocycles. The topological polar surface area (TPSA) is 78.5 Å². The molecule has 0 aliphatic heterocycles. The first-order chi connectivity index (χ1) is 20.6. The second kappa shape index (κ2) is 14.1. The lowest BCUT2D eigenvalue weighted by atomic mass is 10.2. The average Bonchev–Trinajstić information content (AvgIpc) is 3.55. The molecule has 5 rings (SSSR count). The fraction of sp³-hybridized carbons (Fsp3) is 0.0294. The highest BCUT2D eigenvalue weighted by molar-refractivity contribution is 8.00. The summed E-state index contributed by atoms with van der Waals surface area (Å²) < 4.78 is 0. The summed E-state index contributed by atoms with van der Waals surface area (Å²) in [6.45, 7) is 0. The van der Waals surface area contributed by atoms with Gasteiger partial charge in [0.2, 0.25) is 5.91 Å². The van der Waals surface area contributed by atoms with Crippen LogP contribution < -0.4 is 15.5 Å². The molecule has 0 saturated heterocycles. The number of hydrogen-bond acceptors (Lipinski definition) is 5. The summed E-state index contributed by atoms with van der Waals surface area (Å²) >= 11 is 2.88. The Labute approximate surface area is 252 Å². The Balaban J connectivity index is 1.24. The maximum absolute atomic E-state index is 13.3. The lowest BCUT2D eigenvalue weighted by molar-refractivity contribution is -0.115. The summed E-state index contributed by atoms with van der Waals surface area (Å²) in [7, 11) is 0. The molecule has 0 radical (unpaired) electrons. The van der Waals surface area contributed by atoms with E-state index in [0.717, 1.165) is 21.1 Å². The van der Waals surface area contributed by atoms with E-state index in [1.165, 1.54) is 23.1 Å². The first-order valence-electron chi connectivity index (χ1n) is 13.2. The number of carbonyl (C=O) groups excluding carboxylic acids is 3. The second-order valence-corrected chi connectivity index (χ2v) is 11.1. The zero-order chi connectivity index (χ0) is 29.1. The quantitative estimate of drug-likeness (QED) is 0.130. The molecule has 1 heterocycles. The second-order valence-electron chi connectivity index (χ2n) is 9.06. The van der Waals surface area contributed by atoms with Crippen molar-refractivity contribution in [2.45, 2.75) is 4.90 Å². The van der Waals surface area contributed by atoms with E-state index < -0.39 is 5.91 Å². The van der Waals surface area contributed by atoms with Gasteiger partial charge >= 0.3 is 0 Å². The Morgan fingerprint density at radius 1 is 0.714 bits per heavy atom. The van der Waals surface area contributed by atoms with Gasteiger partial charge < -0.3 is 10.6 Å². The number of carbonyl (C=O) groups is 3. The Morgan fingerprint density at radius 3 is 1.88 bits per heavy atom. The van der Waals surface area contributed by atoms with Crippen LogP contribution in [0.2, 0.25) is 0 Å². The van der Waals surface area contributed by atoms with Gasteiger partial charge in [0.05, 0.1) is 5.75 Å². The lowest BCUT2D eigenvalue weighted by Gasteiger charge is -2.23. The van der Waals surface area contributed by atoms with Gasteiger partial charge in [-0.05, 0) is 78.2 Å². The lowest BCUT2D eigenvalue weighted by Crippen LogP contribution is -2.30. The van der Waals surface area contributed by atoms with Crippen LogP contribution in [0, 0.1) is 0 Å². The van der Waals surface area contributed by atoms with Crippen LogP contribution in [0.4, 0.5) is 17.1 Å². The largest absolute Gasteiger partial charge is 0.321 e. The molecule has 1 aromatic heterocycles. The SMILES string of the molecule is O=C(Nc1ccc(SCC(=O)N(c2ccccc2)c2ccccc2)cc1)/C(=C/c1cccs1)NC(=O)c1ccccc1. The minimum absolute atomic E-state index is 0.0488. The number of para-hydroxylation sites is 2. The van der Waals surface area contributed by atoms with Gasteiger partial charge in [-0.2, -0.15) is 0 Å². The maximum atomic E-state index is 13.3. The average molecular weight is 590 g/mol. The number of nitrogens with one attached hydrogen (secondary N) is 2. The van der Waals surface area contributed by atoms with E-state index in [4.69, 9.17) is 0 Å². The number of thiophene rings is 1. The van der Waals surface area contributed by atoms with Crippen molar-refractivity contribution in [3.05, 3.63) is 149 Å². The van der Waals surface area contributed by atoms with Crippen LogP contribution in [0.15, 0.2) is 143 Å². The van der Waals surface area contributed by atoms with E-state index in [1.807, 2.05) is 96.4 Å². The number of hydrogen-bond donors (Lipinski definition) is 2. The van der Waals surface area contributed by atoms with E-state index in [1.54, 1.807) is 47.4 Å². The van der Waals surface area contributed by atoms with Crippen molar-refractivity contribution in [1.29, 1.82) is 0 Å². The van der Waals surface area contributed by atoms with Gasteiger partial charge in [-0.15, -0.1) is 23.1 Å². The Bertz CT molecular complexity index is 1620. The molecule has 5 aromatic rings. The van der Waals surface area contributed by atoms with E-state index in [0.29, 0.717) is 11.3 Å². The Hall–Kier alpha value is -4.92. The third-order valence-electron chi connectivity index (χ3n) is 6.11. The summed E-state index contributed by atoms with van der Waals surface area (Å²) in [6, 6.07) is 38.9. The number of rotatable bonds is 10. The predicted molar refractivity (Wildman–Crippen MR) is 172 cm³/mol. The van der Waals surface area contributed by atoms with Gasteiger partial charge in [-0.25, -0.2) is 0 Å². The van der Waals surface area contributed by atoms with Crippen LogP contribution in [0.1, 0.15) is 15.2 Å². The number of thioether (sulfide) groups is 1. The predicted octanol–water partition coefficient (Wildman–Crippen LogP) is 7.61. The van der Waals surface area contributed by atoms with Gasteiger partial charge in [0, 0.05) is 32.4 Å². The molecular weight excluding hydrogens is 563 g/mol. The molecule has 0 saturated carbocycles.